The highest BCUT2D eigenvalue weighted by atomic mass is 16.1. The molecule has 0 saturated heterocycles. The van der Waals surface area contributed by atoms with Crippen molar-refractivity contribution in [1.82, 2.24) is 9.55 Å². The Balaban J connectivity index is 1.74. The number of aryl methyl sites for hydroxylation is 1. The first-order valence-corrected chi connectivity index (χ1v) is 7.36. The van der Waals surface area contributed by atoms with Gasteiger partial charge in [-0.2, -0.15) is 0 Å². The van der Waals surface area contributed by atoms with Crippen molar-refractivity contribution < 1.29 is 4.79 Å². The number of hydrogen-bond donors (Lipinski definition) is 0. The smallest absolute Gasteiger partial charge is 0.164 e. The van der Waals surface area contributed by atoms with Crippen LogP contribution in [0, 0.1) is 0 Å². The maximum atomic E-state index is 11.9. The van der Waals surface area contributed by atoms with Crippen LogP contribution in [0.3, 0.4) is 0 Å². The second-order valence-electron chi connectivity index (χ2n) is 5.64. The van der Waals surface area contributed by atoms with Gasteiger partial charge in [0.1, 0.15) is 0 Å². The first-order chi connectivity index (χ1) is 10.3. The summed E-state index contributed by atoms with van der Waals surface area (Å²) >= 11 is 0. The number of hydrogen-bond acceptors (Lipinski definition) is 2. The molecule has 3 aromatic rings. The lowest BCUT2D eigenvalue weighted by atomic mass is 9.95. The fourth-order valence-electron chi connectivity index (χ4n) is 3.16. The first kappa shape index (κ1) is 12.3. The number of Topliss-reactive ketones (excluding diaryl/α,β-unsaturated/α-hetero) is 1. The Morgan fingerprint density at radius 1 is 1.10 bits per heavy atom. The number of benzene rings is 1. The van der Waals surface area contributed by atoms with Gasteiger partial charge in [-0.25, -0.2) is 0 Å². The third kappa shape index (κ3) is 2.15. The van der Waals surface area contributed by atoms with Crippen molar-refractivity contribution in [3.05, 3.63) is 65.6 Å². The molecule has 0 aliphatic heterocycles. The lowest BCUT2D eigenvalue weighted by Gasteiger charge is -2.07. The average Bonchev–Trinajstić information content (AvgIpc) is 2.92. The highest BCUT2D eigenvalue weighted by molar-refractivity contribution is 5.98. The summed E-state index contributed by atoms with van der Waals surface area (Å²) in [5.74, 6) is 0.283. The molecule has 4 rings (SSSR count). The van der Waals surface area contributed by atoms with E-state index in [2.05, 4.69) is 40.0 Å². The normalized spacial score (nSPS) is 14.4. The zero-order valence-electron chi connectivity index (χ0n) is 11.7. The van der Waals surface area contributed by atoms with Gasteiger partial charge in [0, 0.05) is 42.5 Å². The number of pyridine rings is 1. The third-order valence-corrected chi connectivity index (χ3v) is 4.18. The van der Waals surface area contributed by atoms with Gasteiger partial charge in [-0.1, -0.05) is 24.3 Å². The van der Waals surface area contributed by atoms with Crippen molar-refractivity contribution in [1.29, 1.82) is 0 Å². The highest BCUT2D eigenvalue weighted by Gasteiger charge is 2.19. The number of nitrogens with zero attached hydrogens (tertiary/aromatic N) is 2. The quantitative estimate of drug-likeness (QED) is 0.716. The molecule has 0 bridgehead atoms. The monoisotopic (exact) mass is 276 g/mol. The SMILES string of the molecule is O=C1CCCc2cn(Cc3cccc4cccnc34)cc21. The van der Waals surface area contributed by atoms with Crippen LogP contribution in [0.1, 0.15) is 34.3 Å². The average molecular weight is 276 g/mol. The summed E-state index contributed by atoms with van der Waals surface area (Å²) in [6.07, 6.45) is 8.63. The molecule has 0 atom stereocenters. The topological polar surface area (TPSA) is 34.9 Å². The Bertz CT molecular complexity index is 827. The van der Waals surface area contributed by atoms with Crippen LogP contribution in [0.25, 0.3) is 10.9 Å². The Kier molecular flexibility index (Phi) is 2.85. The summed E-state index contributed by atoms with van der Waals surface area (Å²) in [5, 5.41) is 1.16. The van der Waals surface area contributed by atoms with Crippen LogP contribution in [0.15, 0.2) is 48.9 Å². The van der Waals surface area contributed by atoms with E-state index in [0.717, 1.165) is 35.9 Å². The fraction of sp³-hybridized carbons (Fsp3) is 0.222. The molecule has 0 unspecified atom stereocenters. The van der Waals surface area contributed by atoms with Crippen LogP contribution in [0.5, 0.6) is 0 Å². The zero-order valence-corrected chi connectivity index (χ0v) is 11.7. The Morgan fingerprint density at radius 2 is 2.00 bits per heavy atom. The molecule has 2 aromatic heterocycles. The Morgan fingerprint density at radius 3 is 2.90 bits per heavy atom. The van der Waals surface area contributed by atoms with E-state index in [1.165, 1.54) is 11.1 Å². The predicted molar refractivity (Wildman–Crippen MR) is 82.5 cm³/mol. The zero-order chi connectivity index (χ0) is 14.2. The molecule has 2 heterocycles. The number of rotatable bonds is 2. The minimum Gasteiger partial charge on any atom is -0.349 e. The molecule has 0 saturated carbocycles. The second kappa shape index (κ2) is 4.85. The molecule has 104 valence electrons. The van der Waals surface area contributed by atoms with Gasteiger partial charge in [-0.15, -0.1) is 0 Å². The Hall–Kier alpha value is -2.42. The van der Waals surface area contributed by atoms with Gasteiger partial charge >= 0.3 is 0 Å². The molecule has 0 spiro atoms. The molecule has 0 radical (unpaired) electrons. The van der Waals surface area contributed by atoms with Crippen molar-refractivity contribution in [3.8, 4) is 0 Å². The number of fused-ring (bicyclic) bond motifs is 2. The van der Waals surface area contributed by atoms with E-state index in [1.807, 2.05) is 18.5 Å². The fourth-order valence-corrected chi connectivity index (χ4v) is 3.16. The molecule has 21 heavy (non-hydrogen) atoms. The summed E-state index contributed by atoms with van der Waals surface area (Å²) in [4.78, 5) is 16.4. The van der Waals surface area contributed by atoms with E-state index in [-0.39, 0.29) is 5.78 Å². The van der Waals surface area contributed by atoms with Gasteiger partial charge in [-0.05, 0) is 30.0 Å². The molecule has 0 N–H and O–H groups in total. The van der Waals surface area contributed by atoms with Crippen LogP contribution in [-0.2, 0) is 13.0 Å². The van der Waals surface area contributed by atoms with Gasteiger partial charge < -0.3 is 4.57 Å². The van der Waals surface area contributed by atoms with E-state index in [9.17, 15) is 4.79 Å². The van der Waals surface area contributed by atoms with E-state index < -0.39 is 0 Å². The molecule has 0 amide bonds. The summed E-state index contributed by atoms with van der Waals surface area (Å²) < 4.78 is 2.12. The summed E-state index contributed by atoms with van der Waals surface area (Å²) in [5.41, 5.74) is 4.33. The number of para-hydroxylation sites is 1. The Labute approximate surface area is 123 Å². The highest BCUT2D eigenvalue weighted by Crippen LogP contribution is 2.23. The minimum atomic E-state index is 0.283. The van der Waals surface area contributed by atoms with E-state index in [1.54, 1.807) is 0 Å². The van der Waals surface area contributed by atoms with Crippen LogP contribution in [0.2, 0.25) is 0 Å². The number of carbonyl (C=O) groups excluding carboxylic acids is 1. The number of carbonyl (C=O) groups is 1. The van der Waals surface area contributed by atoms with Gasteiger partial charge in [0.2, 0.25) is 0 Å². The minimum absolute atomic E-state index is 0.283. The van der Waals surface area contributed by atoms with Gasteiger partial charge in [0.25, 0.3) is 0 Å². The van der Waals surface area contributed by atoms with Crippen molar-refractivity contribution in [2.24, 2.45) is 0 Å². The van der Waals surface area contributed by atoms with Crippen LogP contribution < -0.4 is 0 Å². The summed E-state index contributed by atoms with van der Waals surface area (Å²) in [6.45, 7) is 0.759. The molecule has 3 heteroatoms. The van der Waals surface area contributed by atoms with Crippen LogP contribution in [0.4, 0.5) is 0 Å². The molecular formula is C18H16N2O. The van der Waals surface area contributed by atoms with Crippen LogP contribution in [-0.4, -0.2) is 15.3 Å². The molecular weight excluding hydrogens is 260 g/mol. The van der Waals surface area contributed by atoms with Gasteiger partial charge in [-0.3, -0.25) is 9.78 Å². The lowest BCUT2D eigenvalue weighted by Crippen LogP contribution is -2.07. The standard InChI is InChI=1S/C18H16N2O/c21-17-8-2-5-14-10-20(12-16(14)17)11-15-6-1-4-13-7-3-9-19-18(13)15/h1,3-4,6-7,9-10,12H,2,5,8,11H2. The van der Waals surface area contributed by atoms with Gasteiger partial charge in [0.05, 0.1) is 5.52 Å². The van der Waals surface area contributed by atoms with Crippen LogP contribution >= 0.6 is 0 Å². The molecule has 1 aromatic carbocycles. The first-order valence-electron chi connectivity index (χ1n) is 7.36. The summed E-state index contributed by atoms with van der Waals surface area (Å²) in [6, 6.07) is 10.3. The predicted octanol–water partition coefficient (Wildman–Crippen LogP) is 3.60. The molecule has 1 aliphatic rings. The summed E-state index contributed by atoms with van der Waals surface area (Å²) in [7, 11) is 0. The van der Waals surface area contributed by atoms with Crippen molar-refractivity contribution in [2.75, 3.05) is 0 Å². The van der Waals surface area contributed by atoms with E-state index in [0.29, 0.717) is 6.42 Å². The van der Waals surface area contributed by atoms with Crippen molar-refractivity contribution in [3.63, 3.8) is 0 Å². The van der Waals surface area contributed by atoms with Gasteiger partial charge in [0.15, 0.2) is 5.78 Å². The maximum Gasteiger partial charge on any atom is 0.164 e. The largest absolute Gasteiger partial charge is 0.349 e. The number of aromatic nitrogens is 2. The van der Waals surface area contributed by atoms with Crippen molar-refractivity contribution >= 4 is 16.7 Å². The van der Waals surface area contributed by atoms with Crippen molar-refractivity contribution in [2.45, 2.75) is 25.8 Å². The molecule has 0 fully saturated rings. The van der Waals surface area contributed by atoms with E-state index in [4.69, 9.17) is 0 Å². The molecule has 1 aliphatic carbocycles. The molecule has 3 nitrogen and oxygen atoms in total. The second-order valence-corrected chi connectivity index (χ2v) is 5.64. The number of ketones is 1. The lowest BCUT2D eigenvalue weighted by molar-refractivity contribution is 0.0973. The maximum absolute atomic E-state index is 11.9. The van der Waals surface area contributed by atoms with E-state index >= 15 is 0 Å². The third-order valence-electron chi connectivity index (χ3n) is 4.18.